The van der Waals surface area contributed by atoms with E-state index in [-0.39, 0.29) is 19.1 Å². The van der Waals surface area contributed by atoms with E-state index in [1.807, 2.05) is 0 Å². The van der Waals surface area contributed by atoms with Crippen LogP contribution in [0.2, 0.25) is 0 Å². The summed E-state index contributed by atoms with van der Waals surface area (Å²) in [6, 6.07) is -0.821. The molecule has 0 bridgehead atoms. The van der Waals surface area contributed by atoms with Gasteiger partial charge in [-0.25, -0.2) is 4.79 Å². The average Bonchev–Trinajstić information content (AvgIpc) is 2.33. The molecule has 0 radical (unpaired) electrons. The summed E-state index contributed by atoms with van der Waals surface area (Å²) in [7, 11) is 0. The maximum Gasteiger partial charge on any atom is 0.328 e. The lowest BCUT2D eigenvalue weighted by molar-refractivity contribution is -0.163. The minimum Gasteiger partial charge on any atom is -0.480 e. The van der Waals surface area contributed by atoms with E-state index in [0.717, 1.165) is 25.9 Å². The SMILES string of the molecule is O=C(O)C1COCC(=O)N1CC1CCCNC1. The Morgan fingerprint density at radius 3 is 3.06 bits per heavy atom. The smallest absolute Gasteiger partial charge is 0.328 e. The number of carboxylic acids is 1. The number of hydrogen-bond acceptors (Lipinski definition) is 4. The minimum atomic E-state index is -0.984. The van der Waals surface area contributed by atoms with Gasteiger partial charge in [-0.15, -0.1) is 0 Å². The first-order valence-corrected chi connectivity index (χ1v) is 5.99. The molecule has 2 atom stereocenters. The molecule has 2 saturated heterocycles. The van der Waals surface area contributed by atoms with Gasteiger partial charge in [-0.3, -0.25) is 4.79 Å². The fourth-order valence-corrected chi connectivity index (χ4v) is 2.40. The standard InChI is InChI=1S/C11H18N2O4/c14-10-7-17-6-9(11(15)16)13(10)5-8-2-1-3-12-4-8/h8-9,12H,1-7H2,(H,15,16). The minimum absolute atomic E-state index is 0.00390. The molecule has 2 N–H and O–H groups in total. The molecular weight excluding hydrogens is 224 g/mol. The van der Waals surface area contributed by atoms with Crippen LogP contribution in [0.15, 0.2) is 0 Å². The summed E-state index contributed by atoms with van der Waals surface area (Å²) in [5, 5.41) is 12.3. The Morgan fingerprint density at radius 1 is 1.59 bits per heavy atom. The first kappa shape index (κ1) is 12.3. The Hall–Kier alpha value is -1.14. The van der Waals surface area contributed by atoms with E-state index in [1.165, 1.54) is 4.90 Å². The van der Waals surface area contributed by atoms with Crippen LogP contribution in [0.25, 0.3) is 0 Å². The highest BCUT2D eigenvalue weighted by molar-refractivity contribution is 5.85. The van der Waals surface area contributed by atoms with Gasteiger partial charge in [0, 0.05) is 6.54 Å². The third-order valence-corrected chi connectivity index (χ3v) is 3.34. The Labute approximate surface area is 99.9 Å². The van der Waals surface area contributed by atoms with Crippen LogP contribution in [0.1, 0.15) is 12.8 Å². The van der Waals surface area contributed by atoms with Crippen molar-refractivity contribution in [2.24, 2.45) is 5.92 Å². The quantitative estimate of drug-likeness (QED) is 0.684. The number of carbonyl (C=O) groups excluding carboxylic acids is 1. The number of aliphatic carboxylic acids is 1. The molecule has 17 heavy (non-hydrogen) atoms. The van der Waals surface area contributed by atoms with E-state index in [9.17, 15) is 9.59 Å². The molecule has 2 heterocycles. The molecule has 1 amide bonds. The zero-order chi connectivity index (χ0) is 12.3. The number of carbonyl (C=O) groups is 2. The van der Waals surface area contributed by atoms with E-state index in [4.69, 9.17) is 9.84 Å². The predicted molar refractivity (Wildman–Crippen MR) is 59.5 cm³/mol. The average molecular weight is 242 g/mol. The lowest BCUT2D eigenvalue weighted by Gasteiger charge is -2.36. The van der Waals surface area contributed by atoms with Crippen LogP contribution in [0.3, 0.4) is 0 Å². The van der Waals surface area contributed by atoms with Gasteiger partial charge in [-0.05, 0) is 31.8 Å². The summed E-state index contributed by atoms with van der Waals surface area (Å²) in [5.41, 5.74) is 0. The Balaban J connectivity index is 1.98. The first-order valence-electron chi connectivity index (χ1n) is 5.99. The maximum absolute atomic E-state index is 11.7. The summed E-state index contributed by atoms with van der Waals surface area (Å²) < 4.78 is 4.99. The predicted octanol–water partition coefficient (Wildman–Crippen LogP) is -0.702. The highest BCUT2D eigenvalue weighted by Gasteiger charge is 2.35. The molecule has 0 aliphatic carbocycles. The van der Waals surface area contributed by atoms with Gasteiger partial charge < -0.3 is 20.1 Å². The monoisotopic (exact) mass is 242 g/mol. The van der Waals surface area contributed by atoms with Gasteiger partial charge in [0.1, 0.15) is 6.61 Å². The summed E-state index contributed by atoms with van der Waals surface area (Å²) in [4.78, 5) is 24.2. The van der Waals surface area contributed by atoms with Crippen molar-refractivity contribution in [2.45, 2.75) is 18.9 Å². The second-order valence-corrected chi connectivity index (χ2v) is 4.63. The molecule has 6 nitrogen and oxygen atoms in total. The molecule has 0 saturated carbocycles. The van der Waals surface area contributed by atoms with Gasteiger partial charge in [0.25, 0.3) is 0 Å². The molecule has 2 fully saturated rings. The van der Waals surface area contributed by atoms with Gasteiger partial charge >= 0.3 is 5.97 Å². The van der Waals surface area contributed by atoms with E-state index in [2.05, 4.69) is 5.32 Å². The zero-order valence-corrected chi connectivity index (χ0v) is 9.72. The number of carboxylic acid groups (broad SMARTS) is 1. The lowest BCUT2D eigenvalue weighted by Crippen LogP contribution is -2.55. The summed E-state index contributed by atoms with van der Waals surface area (Å²) in [6.45, 7) is 2.49. The van der Waals surface area contributed by atoms with Gasteiger partial charge in [-0.1, -0.05) is 0 Å². The van der Waals surface area contributed by atoms with Gasteiger partial charge in [0.15, 0.2) is 6.04 Å². The zero-order valence-electron chi connectivity index (χ0n) is 9.72. The van der Waals surface area contributed by atoms with Crippen molar-refractivity contribution in [1.82, 2.24) is 10.2 Å². The van der Waals surface area contributed by atoms with Crippen LogP contribution in [-0.2, 0) is 14.3 Å². The van der Waals surface area contributed by atoms with Crippen LogP contribution < -0.4 is 5.32 Å². The van der Waals surface area contributed by atoms with E-state index in [1.54, 1.807) is 0 Å². The molecule has 0 aromatic rings. The van der Waals surface area contributed by atoms with Crippen molar-refractivity contribution in [1.29, 1.82) is 0 Å². The Bertz CT molecular complexity index is 302. The van der Waals surface area contributed by atoms with Crippen LogP contribution in [0, 0.1) is 5.92 Å². The van der Waals surface area contributed by atoms with Crippen molar-refractivity contribution in [3.8, 4) is 0 Å². The molecule has 2 aliphatic rings. The molecule has 2 rings (SSSR count). The first-order chi connectivity index (χ1) is 8.18. The molecular formula is C11H18N2O4. The number of rotatable bonds is 3. The van der Waals surface area contributed by atoms with Crippen LogP contribution in [-0.4, -0.2) is 60.8 Å². The number of morpholine rings is 1. The number of piperidine rings is 1. The van der Waals surface area contributed by atoms with Gasteiger partial charge in [-0.2, -0.15) is 0 Å². The topological polar surface area (TPSA) is 78.9 Å². The van der Waals surface area contributed by atoms with Crippen LogP contribution >= 0.6 is 0 Å². The third-order valence-electron chi connectivity index (χ3n) is 3.34. The van der Waals surface area contributed by atoms with Crippen LogP contribution in [0.4, 0.5) is 0 Å². The molecule has 0 aromatic heterocycles. The number of ether oxygens (including phenoxy) is 1. The van der Waals surface area contributed by atoms with Crippen molar-refractivity contribution < 1.29 is 19.4 Å². The van der Waals surface area contributed by atoms with Crippen molar-refractivity contribution in [3.05, 3.63) is 0 Å². The van der Waals surface area contributed by atoms with Crippen molar-refractivity contribution in [2.75, 3.05) is 32.8 Å². The van der Waals surface area contributed by atoms with Gasteiger partial charge in [0.05, 0.1) is 6.61 Å². The van der Waals surface area contributed by atoms with Crippen molar-refractivity contribution in [3.63, 3.8) is 0 Å². The molecule has 0 spiro atoms. The van der Waals surface area contributed by atoms with E-state index >= 15 is 0 Å². The Morgan fingerprint density at radius 2 is 2.41 bits per heavy atom. The number of nitrogens with one attached hydrogen (secondary N) is 1. The molecule has 0 aromatic carbocycles. The Kier molecular flexibility index (Phi) is 3.96. The molecule has 96 valence electrons. The van der Waals surface area contributed by atoms with Crippen LogP contribution in [0.5, 0.6) is 0 Å². The second kappa shape index (κ2) is 5.46. The van der Waals surface area contributed by atoms with Crippen molar-refractivity contribution >= 4 is 11.9 Å². The van der Waals surface area contributed by atoms with Gasteiger partial charge in [0.2, 0.25) is 5.91 Å². The maximum atomic E-state index is 11.7. The largest absolute Gasteiger partial charge is 0.480 e. The van der Waals surface area contributed by atoms with E-state index < -0.39 is 12.0 Å². The molecule has 2 aliphatic heterocycles. The number of nitrogens with zero attached hydrogens (tertiary/aromatic N) is 1. The van der Waals surface area contributed by atoms with E-state index in [0.29, 0.717) is 12.5 Å². The highest BCUT2D eigenvalue weighted by atomic mass is 16.5. The lowest BCUT2D eigenvalue weighted by atomic mass is 9.98. The highest BCUT2D eigenvalue weighted by Crippen LogP contribution is 2.16. The number of hydrogen-bond donors (Lipinski definition) is 2. The fraction of sp³-hybridized carbons (Fsp3) is 0.818. The fourth-order valence-electron chi connectivity index (χ4n) is 2.40. The number of amides is 1. The second-order valence-electron chi connectivity index (χ2n) is 4.63. The summed E-state index contributed by atoms with van der Waals surface area (Å²) >= 11 is 0. The summed E-state index contributed by atoms with van der Waals surface area (Å²) in [5.74, 6) is -0.844. The third kappa shape index (κ3) is 2.95. The summed E-state index contributed by atoms with van der Waals surface area (Å²) in [6.07, 6.45) is 2.13. The normalized spacial score (nSPS) is 30.4. The molecule has 2 unspecified atom stereocenters. The molecule has 6 heteroatoms.